The first-order valence-corrected chi connectivity index (χ1v) is 15.3. The summed E-state index contributed by atoms with van der Waals surface area (Å²) in [5.41, 5.74) is 0. The van der Waals surface area contributed by atoms with Crippen molar-refractivity contribution in [1.82, 2.24) is 0 Å². The number of phosphoric acid groups is 1. The van der Waals surface area contributed by atoms with E-state index in [1.54, 1.807) is 11.8 Å². The van der Waals surface area contributed by atoms with Gasteiger partial charge in [-0.25, -0.2) is 4.57 Å². The number of hydrogen-bond acceptors (Lipinski definition) is 6. The first-order chi connectivity index (χ1) is 13.8. The Hall–Kier alpha value is 0.610. The van der Waals surface area contributed by atoms with Crippen LogP contribution >= 0.6 is 27.2 Å². The van der Waals surface area contributed by atoms with Crippen molar-refractivity contribution < 1.29 is 32.5 Å². The van der Waals surface area contributed by atoms with Gasteiger partial charge in [-0.05, 0) is 18.6 Å². The Labute approximate surface area is 181 Å². The van der Waals surface area contributed by atoms with Gasteiger partial charge in [-0.3, -0.25) is 13.6 Å². The molecule has 0 heterocycles. The lowest BCUT2D eigenvalue weighted by Gasteiger charge is -2.22. The third-order valence-electron chi connectivity index (χ3n) is 4.46. The Balaban J connectivity index is 4.37. The van der Waals surface area contributed by atoms with E-state index in [1.165, 1.54) is 32.1 Å². The molecule has 29 heavy (non-hydrogen) atoms. The Kier molecular flexibility index (Phi) is 18.6. The van der Waals surface area contributed by atoms with E-state index in [4.69, 9.17) is 9.05 Å². The van der Waals surface area contributed by atoms with Crippen molar-refractivity contribution in [3.8, 4) is 0 Å². The minimum atomic E-state index is -4.15. The van der Waals surface area contributed by atoms with Gasteiger partial charge in [-0.1, -0.05) is 71.6 Å². The van der Waals surface area contributed by atoms with E-state index in [0.717, 1.165) is 45.0 Å². The molecular weight excluding hydrogens is 434 g/mol. The topological polar surface area (TPSA) is 102 Å². The molecule has 0 spiro atoms. The second kappa shape index (κ2) is 18.2. The second-order valence-corrected chi connectivity index (χ2v) is 11.9. The zero-order valence-corrected chi connectivity index (χ0v) is 21.0. The van der Waals surface area contributed by atoms with Gasteiger partial charge in [0.25, 0.3) is 0 Å². The maximum absolute atomic E-state index is 12.4. The molecule has 0 aliphatic rings. The average Bonchev–Trinajstić information content (AvgIpc) is 2.67. The normalized spacial score (nSPS) is 17.0. The Morgan fingerprint density at radius 3 is 2.00 bits per heavy atom. The largest absolute Gasteiger partial charge is 0.472 e. The summed E-state index contributed by atoms with van der Waals surface area (Å²) in [4.78, 5) is 19.6. The molecule has 0 aromatic rings. The SMILES string of the molecule is CCCCCCCCSC[C@@H](COP(=O)(O)OC)OP(=O)(O)CCCCCCC. The van der Waals surface area contributed by atoms with Gasteiger partial charge < -0.3 is 14.3 Å². The lowest BCUT2D eigenvalue weighted by atomic mass is 10.1. The Morgan fingerprint density at radius 1 is 0.862 bits per heavy atom. The predicted octanol–water partition coefficient (Wildman–Crippen LogP) is 6.38. The summed E-state index contributed by atoms with van der Waals surface area (Å²) in [6.07, 6.45) is 11.4. The molecule has 0 saturated heterocycles. The van der Waals surface area contributed by atoms with Crippen LogP contribution in [-0.4, -0.2) is 47.3 Å². The molecule has 0 aliphatic heterocycles. The van der Waals surface area contributed by atoms with E-state index in [0.29, 0.717) is 12.2 Å². The van der Waals surface area contributed by atoms with E-state index < -0.39 is 21.5 Å². The summed E-state index contributed by atoms with van der Waals surface area (Å²) in [5.74, 6) is 1.35. The third-order valence-corrected chi connectivity index (χ3v) is 8.09. The lowest BCUT2D eigenvalue weighted by Crippen LogP contribution is -2.22. The van der Waals surface area contributed by atoms with Crippen LogP contribution in [-0.2, 0) is 22.7 Å². The summed E-state index contributed by atoms with van der Waals surface area (Å²) in [6.45, 7) is 4.05. The molecule has 0 bridgehead atoms. The van der Waals surface area contributed by atoms with Crippen LogP contribution in [0.5, 0.6) is 0 Å². The fourth-order valence-electron chi connectivity index (χ4n) is 2.74. The maximum atomic E-state index is 12.4. The monoisotopic (exact) mass is 476 g/mol. The molecule has 3 atom stereocenters. The molecule has 7 nitrogen and oxygen atoms in total. The van der Waals surface area contributed by atoms with Gasteiger partial charge in [-0.2, -0.15) is 11.8 Å². The quantitative estimate of drug-likeness (QED) is 0.145. The van der Waals surface area contributed by atoms with Crippen LogP contribution in [0, 0.1) is 0 Å². The zero-order valence-electron chi connectivity index (χ0n) is 18.4. The minimum Gasteiger partial charge on any atom is -0.324 e. The average molecular weight is 477 g/mol. The van der Waals surface area contributed by atoms with Gasteiger partial charge in [0.2, 0.25) is 0 Å². The fourth-order valence-corrected chi connectivity index (χ4v) is 5.63. The van der Waals surface area contributed by atoms with E-state index >= 15 is 0 Å². The van der Waals surface area contributed by atoms with Crippen molar-refractivity contribution in [3.05, 3.63) is 0 Å². The Morgan fingerprint density at radius 2 is 1.41 bits per heavy atom. The van der Waals surface area contributed by atoms with E-state index in [9.17, 15) is 18.9 Å². The summed E-state index contributed by atoms with van der Waals surface area (Å²) in [6, 6.07) is 0. The number of phosphoric ester groups is 1. The molecule has 176 valence electrons. The summed E-state index contributed by atoms with van der Waals surface area (Å²) in [5, 5.41) is 0. The van der Waals surface area contributed by atoms with Crippen LogP contribution < -0.4 is 0 Å². The van der Waals surface area contributed by atoms with Crippen molar-refractivity contribution in [2.45, 2.75) is 90.6 Å². The van der Waals surface area contributed by atoms with Crippen molar-refractivity contribution in [2.24, 2.45) is 0 Å². The molecule has 2 N–H and O–H groups in total. The number of hydrogen-bond donors (Lipinski definition) is 2. The lowest BCUT2D eigenvalue weighted by molar-refractivity contribution is 0.0979. The van der Waals surface area contributed by atoms with Crippen LogP contribution in [0.4, 0.5) is 0 Å². The number of thioether (sulfide) groups is 1. The molecule has 0 aliphatic carbocycles. The van der Waals surface area contributed by atoms with Crippen molar-refractivity contribution in [1.29, 1.82) is 0 Å². The molecule has 2 unspecified atom stereocenters. The molecule has 0 saturated carbocycles. The highest BCUT2D eigenvalue weighted by Gasteiger charge is 2.28. The van der Waals surface area contributed by atoms with Gasteiger partial charge >= 0.3 is 15.4 Å². The molecule has 0 fully saturated rings. The third kappa shape index (κ3) is 19.1. The van der Waals surface area contributed by atoms with Gasteiger partial charge in [0, 0.05) is 19.0 Å². The highest BCUT2D eigenvalue weighted by atomic mass is 32.2. The minimum absolute atomic E-state index is 0.0936. The molecule has 0 amide bonds. The second-order valence-electron chi connectivity index (χ2n) is 7.29. The standard InChI is InChI=1S/C19H42O7P2S/c1-4-6-8-10-12-14-16-29-18-19(17-25-28(22,23)24-3)26-27(20,21)15-13-11-9-7-5-2/h19H,4-18H2,1-3H3,(H,20,21)(H,22,23)/t19-/m1/s1. The van der Waals surface area contributed by atoms with Crippen LogP contribution in [0.25, 0.3) is 0 Å². The van der Waals surface area contributed by atoms with Gasteiger partial charge in [0.15, 0.2) is 0 Å². The molecule has 0 radical (unpaired) electrons. The fraction of sp³-hybridized carbons (Fsp3) is 1.00. The summed E-state index contributed by atoms with van der Waals surface area (Å²) >= 11 is 1.61. The van der Waals surface area contributed by atoms with E-state index in [-0.39, 0.29) is 12.8 Å². The highest BCUT2D eigenvalue weighted by molar-refractivity contribution is 7.99. The van der Waals surface area contributed by atoms with E-state index in [2.05, 4.69) is 18.4 Å². The number of unbranched alkanes of at least 4 members (excludes halogenated alkanes) is 9. The zero-order chi connectivity index (χ0) is 22.0. The maximum Gasteiger partial charge on any atom is 0.472 e. The van der Waals surface area contributed by atoms with Crippen molar-refractivity contribution in [2.75, 3.05) is 31.4 Å². The first-order valence-electron chi connectivity index (χ1n) is 10.9. The Bertz CT molecular complexity index is 479. The molecule has 0 rings (SSSR count). The van der Waals surface area contributed by atoms with Gasteiger partial charge in [-0.15, -0.1) is 0 Å². The van der Waals surface area contributed by atoms with Crippen LogP contribution in [0.15, 0.2) is 0 Å². The van der Waals surface area contributed by atoms with Crippen LogP contribution in [0.3, 0.4) is 0 Å². The summed E-state index contributed by atoms with van der Waals surface area (Å²) in [7, 11) is -6.83. The van der Waals surface area contributed by atoms with Crippen molar-refractivity contribution >= 4 is 27.2 Å². The molecule has 10 heteroatoms. The number of rotatable bonds is 21. The predicted molar refractivity (Wildman–Crippen MR) is 122 cm³/mol. The van der Waals surface area contributed by atoms with Gasteiger partial charge in [0.05, 0.1) is 6.61 Å². The molecule has 0 aromatic heterocycles. The van der Waals surface area contributed by atoms with Crippen LogP contribution in [0.2, 0.25) is 0 Å². The highest BCUT2D eigenvalue weighted by Crippen LogP contribution is 2.47. The van der Waals surface area contributed by atoms with Crippen molar-refractivity contribution in [3.63, 3.8) is 0 Å². The smallest absolute Gasteiger partial charge is 0.324 e. The first kappa shape index (κ1) is 29.6. The molecular formula is C19H42O7P2S. The summed E-state index contributed by atoms with van der Waals surface area (Å²) < 4.78 is 38.6. The van der Waals surface area contributed by atoms with Gasteiger partial charge in [0.1, 0.15) is 6.10 Å². The van der Waals surface area contributed by atoms with E-state index in [1.807, 2.05) is 0 Å². The van der Waals surface area contributed by atoms with Crippen LogP contribution in [0.1, 0.15) is 84.5 Å². The molecule has 0 aromatic carbocycles.